The third-order valence-corrected chi connectivity index (χ3v) is 8.67. The molecule has 2 unspecified atom stereocenters. The normalized spacial score (nSPS) is 26.9. The van der Waals surface area contributed by atoms with E-state index in [1.54, 1.807) is 34.6 Å². The van der Waals surface area contributed by atoms with Gasteiger partial charge >= 0.3 is 13.4 Å². The Kier molecular flexibility index (Phi) is 12.0. The Morgan fingerprint density at radius 3 is 2.62 bits per heavy atom. The summed E-state index contributed by atoms with van der Waals surface area (Å²) in [6.07, 6.45) is -5.97. The molecule has 17 heteroatoms. The highest BCUT2D eigenvalue weighted by molar-refractivity contribution is 8.13. The second-order valence-electron chi connectivity index (χ2n) is 10.2. The fourth-order valence-electron chi connectivity index (χ4n) is 3.21. The molecule has 0 aromatic carbocycles. The molecular weight excluding hydrogens is 582 g/mol. The van der Waals surface area contributed by atoms with E-state index in [4.69, 9.17) is 35.9 Å². The molecule has 5 N–H and O–H groups in total. The van der Waals surface area contributed by atoms with E-state index in [0.29, 0.717) is 4.57 Å². The van der Waals surface area contributed by atoms with Crippen molar-refractivity contribution < 1.29 is 42.5 Å². The quantitative estimate of drug-likeness (QED) is 0.109. The largest absolute Gasteiger partial charge is 0.406 e. The van der Waals surface area contributed by atoms with Crippen molar-refractivity contribution in [2.45, 2.75) is 83.5 Å². The predicted octanol–water partition coefficient (Wildman–Crippen LogP) is 2.16. The van der Waals surface area contributed by atoms with Crippen LogP contribution in [0, 0.1) is 5.41 Å². The van der Waals surface area contributed by atoms with Gasteiger partial charge in [-0.05, 0) is 26.8 Å². The lowest BCUT2D eigenvalue weighted by molar-refractivity contribution is -0.138. The highest BCUT2D eigenvalue weighted by Gasteiger charge is 2.58. The van der Waals surface area contributed by atoms with Crippen molar-refractivity contribution in [3.8, 4) is 0 Å². The first kappa shape index (κ1) is 34.1. The van der Waals surface area contributed by atoms with Crippen LogP contribution in [0.4, 0.5) is 10.2 Å². The maximum Gasteiger partial charge on any atom is 0.406 e. The number of carbonyl (C=O) groups excluding carboxylic acids is 1. The van der Waals surface area contributed by atoms with Gasteiger partial charge in [-0.25, -0.2) is 18.8 Å². The van der Waals surface area contributed by atoms with E-state index in [2.05, 4.69) is 10.1 Å². The van der Waals surface area contributed by atoms with Gasteiger partial charge in [-0.1, -0.05) is 44.1 Å². The Hall–Kier alpha value is -1.13. The number of hydrogen-bond donors (Lipinski definition) is 4. The van der Waals surface area contributed by atoms with Crippen molar-refractivity contribution in [1.82, 2.24) is 14.6 Å². The summed E-state index contributed by atoms with van der Waals surface area (Å²) in [5.74, 6) is 0.0235. The van der Waals surface area contributed by atoms with Gasteiger partial charge in [-0.2, -0.15) is 4.98 Å². The van der Waals surface area contributed by atoms with Crippen LogP contribution >= 0.6 is 31.1 Å². The number of nitrogens with one attached hydrogen (secondary N) is 1. The smallest absolute Gasteiger partial charge is 0.385 e. The van der Waals surface area contributed by atoms with Gasteiger partial charge in [0.2, 0.25) is 0 Å². The van der Waals surface area contributed by atoms with Crippen LogP contribution in [-0.2, 0) is 27.9 Å². The molecule has 224 valence electrons. The van der Waals surface area contributed by atoms with E-state index in [1.165, 1.54) is 13.0 Å². The predicted molar refractivity (Wildman–Crippen MR) is 144 cm³/mol. The van der Waals surface area contributed by atoms with E-state index >= 15 is 4.39 Å². The minimum atomic E-state index is -4.27. The Bertz CT molecular complexity index is 1090. The van der Waals surface area contributed by atoms with Crippen molar-refractivity contribution in [2.75, 3.05) is 24.7 Å². The maximum absolute atomic E-state index is 15.3. The third-order valence-electron chi connectivity index (χ3n) is 5.28. The van der Waals surface area contributed by atoms with Crippen molar-refractivity contribution >= 4 is 42.0 Å². The molecule has 0 saturated carbocycles. The number of aliphatic hydroxyl groups is 2. The molecule has 0 amide bonds. The number of ether oxygens (including phenoxy) is 2. The molecule has 7 atom stereocenters. The van der Waals surface area contributed by atoms with Crippen LogP contribution in [0.5, 0.6) is 0 Å². The number of nitrogens with zero attached hydrogens (tertiary/aromatic N) is 2. The van der Waals surface area contributed by atoms with Gasteiger partial charge in [0.25, 0.3) is 5.13 Å². The number of rotatable bonds is 13. The van der Waals surface area contributed by atoms with E-state index in [0.717, 1.165) is 18.0 Å². The van der Waals surface area contributed by atoms with Gasteiger partial charge < -0.3 is 25.4 Å². The SMILES string of the molecule is CC(C)OC(O)[C@H](C)NP(=O)(OCCSC(=O)C(C)(C)C)OC[C@H]1O[C@@H](n2ccc(N)nc2=O)[C@](F)(Cl)[C@@H]1O. The number of hydrogen-bond acceptors (Lipinski definition) is 12. The highest BCUT2D eigenvalue weighted by atomic mass is 35.5. The lowest BCUT2D eigenvalue weighted by Gasteiger charge is -2.28. The molecule has 13 nitrogen and oxygen atoms in total. The molecule has 2 rings (SSSR count). The first-order valence-electron chi connectivity index (χ1n) is 12.1. The summed E-state index contributed by atoms with van der Waals surface area (Å²) in [5, 5.41) is 20.2. The number of carbonyl (C=O) groups is 1. The number of aliphatic hydroxyl groups excluding tert-OH is 2. The number of anilines is 1. The third kappa shape index (κ3) is 9.45. The molecular formula is C22H37ClFN4O9PS. The summed E-state index contributed by atoms with van der Waals surface area (Å²) < 4.78 is 51.2. The molecule has 0 spiro atoms. The zero-order chi connectivity index (χ0) is 29.8. The monoisotopic (exact) mass is 618 g/mol. The lowest BCUT2D eigenvalue weighted by Crippen LogP contribution is -2.42. The summed E-state index contributed by atoms with van der Waals surface area (Å²) in [5.41, 5.74) is 3.90. The molecule has 2 heterocycles. The van der Waals surface area contributed by atoms with Crippen molar-refractivity contribution in [3.63, 3.8) is 0 Å². The molecule has 0 radical (unpaired) electrons. The van der Waals surface area contributed by atoms with Crippen LogP contribution in [0.15, 0.2) is 17.1 Å². The molecule has 1 aromatic rings. The topological polar surface area (TPSA) is 184 Å². The standard InChI is InChI=1S/C22H37ClFN4O9PS/c1-12(2)36-17(30)13(3)27-38(33,34-9-10-39-19(31)21(4,5)6)35-11-14-16(29)22(23,24)18(37-14)28-8-7-15(25)26-20(28)32/h7-8,12-14,16-18,29-30H,9-11H2,1-6H3,(H,27,33)(H2,25,26,32)/t13-,14+,16+,17?,18+,22-,38?/m0/s1. The van der Waals surface area contributed by atoms with Crippen LogP contribution < -0.4 is 16.5 Å². The number of aromatic nitrogens is 2. The van der Waals surface area contributed by atoms with Gasteiger partial charge in [0, 0.05) is 17.4 Å². The van der Waals surface area contributed by atoms with Crippen LogP contribution in [0.2, 0.25) is 0 Å². The van der Waals surface area contributed by atoms with Crippen molar-refractivity contribution in [3.05, 3.63) is 22.7 Å². The zero-order valence-electron chi connectivity index (χ0n) is 22.6. The fraction of sp³-hybridized carbons (Fsp3) is 0.773. The second-order valence-corrected chi connectivity index (χ2v) is 13.6. The molecule has 1 aliphatic rings. The average Bonchev–Trinajstić information content (AvgIpc) is 3.03. The highest BCUT2D eigenvalue weighted by Crippen LogP contribution is 2.48. The summed E-state index contributed by atoms with van der Waals surface area (Å²) in [6.45, 7) is 9.23. The number of halogens is 2. The van der Waals surface area contributed by atoms with E-state index in [1.807, 2.05) is 0 Å². The van der Waals surface area contributed by atoms with Crippen LogP contribution in [-0.4, -0.2) is 79.6 Å². The Morgan fingerprint density at radius 1 is 1.41 bits per heavy atom. The van der Waals surface area contributed by atoms with Gasteiger partial charge in [-0.15, -0.1) is 0 Å². The van der Waals surface area contributed by atoms with Gasteiger partial charge in [-0.3, -0.25) is 18.4 Å². The van der Waals surface area contributed by atoms with Crippen LogP contribution in [0.25, 0.3) is 0 Å². The molecule has 39 heavy (non-hydrogen) atoms. The van der Waals surface area contributed by atoms with Crippen molar-refractivity contribution in [2.24, 2.45) is 5.41 Å². The van der Waals surface area contributed by atoms with Gasteiger partial charge in [0.05, 0.1) is 25.4 Å². The Balaban J connectivity index is 2.15. The number of nitrogens with two attached hydrogens (primary N) is 1. The van der Waals surface area contributed by atoms with E-state index in [-0.39, 0.29) is 29.4 Å². The summed E-state index contributed by atoms with van der Waals surface area (Å²) in [7, 11) is -4.27. The minimum absolute atomic E-state index is 0.105. The lowest BCUT2D eigenvalue weighted by atomic mass is 10.00. The first-order chi connectivity index (χ1) is 17.9. The maximum atomic E-state index is 15.3. The van der Waals surface area contributed by atoms with Gasteiger partial charge in [0.1, 0.15) is 18.0 Å². The van der Waals surface area contributed by atoms with Crippen LogP contribution in [0.1, 0.15) is 47.8 Å². The number of alkyl halides is 2. The zero-order valence-corrected chi connectivity index (χ0v) is 25.0. The molecule has 0 bridgehead atoms. The Morgan fingerprint density at radius 2 is 2.05 bits per heavy atom. The second kappa shape index (κ2) is 13.7. The average molecular weight is 619 g/mol. The van der Waals surface area contributed by atoms with Crippen molar-refractivity contribution in [1.29, 1.82) is 0 Å². The molecule has 1 fully saturated rings. The molecule has 1 saturated heterocycles. The Labute approximate surface area is 235 Å². The summed E-state index contributed by atoms with van der Waals surface area (Å²) in [4.78, 5) is 27.8. The summed E-state index contributed by atoms with van der Waals surface area (Å²) >= 11 is 6.88. The summed E-state index contributed by atoms with van der Waals surface area (Å²) in [6, 6.07) is 0.255. The number of thioether (sulfide) groups is 1. The molecule has 0 aliphatic carbocycles. The fourth-order valence-corrected chi connectivity index (χ4v) is 5.94. The first-order valence-corrected chi connectivity index (χ1v) is 15.0. The minimum Gasteiger partial charge on any atom is -0.385 e. The van der Waals surface area contributed by atoms with E-state index in [9.17, 15) is 24.4 Å². The molecule has 1 aliphatic heterocycles. The van der Waals surface area contributed by atoms with E-state index < -0.39 is 61.4 Å². The molecule has 1 aromatic heterocycles. The van der Waals surface area contributed by atoms with Crippen LogP contribution in [0.3, 0.4) is 0 Å². The van der Waals surface area contributed by atoms with Gasteiger partial charge in [0.15, 0.2) is 17.6 Å². The number of nitrogen functional groups attached to an aromatic ring is 1.